The summed E-state index contributed by atoms with van der Waals surface area (Å²) < 4.78 is 11.5. The molecule has 1 heterocycles. The van der Waals surface area contributed by atoms with Crippen LogP contribution in [0.5, 0.6) is 5.75 Å². The monoisotopic (exact) mass is 374 g/mol. The molecule has 3 rings (SSSR count). The molecule has 1 aliphatic carbocycles. The molecule has 2 fully saturated rings. The highest BCUT2D eigenvalue weighted by atomic mass is 16.6. The molecule has 27 heavy (non-hydrogen) atoms. The minimum Gasteiger partial charge on any atom is -0.494 e. The van der Waals surface area contributed by atoms with Gasteiger partial charge in [0.2, 0.25) is 0 Å². The van der Waals surface area contributed by atoms with Gasteiger partial charge in [-0.1, -0.05) is 26.2 Å². The number of benzene rings is 1. The second-order valence-corrected chi connectivity index (χ2v) is 7.74. The highest BCUT2D eigenvalue weighted by Crippen LogP contribution is 2.28. The summed E-state index contributed by atoms with van der Waals surface area (Å²) in [5.41, 5.74) is 0.745. The van der Waals surface area contributed by atoms with Crippen molar-refractivity contribution in [2.75, 3.05) is 25.0 Å². The van der Waals surface area contributed by atoms with Crippen molar-refractivity contribution in [1.82, 2.24) is 4.90 Å². The Hall–Kier alpha value is -1.75. The minimum atomic E-state index is -0.345. The van der Waals surface area contributed by atoms with Crippen LogP contribution in [-0.4, -0.2) is 42.8 Å². The molecule has 2 atom stereocenters. The number of carbonyl (C=O) groups is 1. The molecule has 150 valence electrons. The molecule has 5 heteroatoms. The third kappa shape index (κ3) is 6.13. The maximum atomic E-state index is 12.4. The molecule has 2 unspecified atom stereocenters. The SMILES string of the molecule is CCCCCOc1ccc(NC(=O)OC2CCCCC2N2CCCC2)cc1. The third-order valence-corrected chi connectivity index (χ3v) is 5.65. The first-order valence-electron chi connectivity index (χ1n) is 10.7. The molecule has 1 aliphatic heterocycles. The molecule has 1 aromatic carbocycles. The van der Waals surface area contributed by atoms with Crippen molar-refractivity contribution < 1.29 is 14.3 Å². The fourth-order valence-electron chi connectivity index (χ4n) is 4.17. The number of hydrogen-bond acceptors (Lipinski definition) is 4. The second-order valence-electron chi connectivity index (χ2n) is 7.74. The predicted octanol–water partition coefficient (Wildman–Crippen LogP) is 5.21. The van der Waals surface area contributed by atoms with E-state index < -0.39 is 0 Å². The highest BCUT2D eigenvalue weighted by Gasteiger charge is 2.34. The number of nitrogens with one attached hydrogen (secondary N) is 1. The number of amides is 1. The quantitative estimate of drug-likeness (QED) is 0.635. The Morgan fingerprint density at radius 3 is 2.56 bits per heavy atom. The first-order chi connectivity index (χ1) is 13.3. The average Bonchev–Trinajstić information content (AvgIpc) is 3.21. The van der Waals surface area contributed by atoms with Crippen LogP contribution in [0.2, 0.25) is 0 Å². The van der Waals surface area contributed by atoms with Crippen LogP contribution in [-0.2, 0) is 4.74 Å². The summed E-state index contributed by atoms with van der Waals surface area (Å²) in [6, 6.07) is 7.93. The molecule has 1 amide bonds. The van der Waals surface area contributed by atoms with Gasteiger partial charge in [0.05, 0.1) is 6.61 Å². The normalized spacial score (nSPS) is 23.1. The fourth-order valence-corrected chi connectivity index (χ4v) is 4.17. The van der Waals surface area contributed by atoms with E-state index in [-0.39, 0.29) is 12.2 Å². The predicted molar refractivity (Wildman–Crippen MR) is 108 cm³/mol. The van der Waals surface area contributed by atoms with E-state index >= 15 is 0 Å². The molecule has 0 spiro atoms. The van der Waals surface area contributed by atoms with Crippen LogP contribution in [0, 0.1) is 0 Å². The van der Waals surface area contributed by atoms with Gasteiger partial charge in [-0.3, -0.25) is 10.2 Å². The maximum absolute atomic E-state index is 12.4. The van der Waals surface area contributed by atoms with Crippen LogP contribution < -0.4 is 10.1 Å². The zero-order valence-electron chi connectivity index (χ0n) is 16.6. The Morgan fingerprint density at radius 1 is 1.07 bits per heavy atom. The van der Waals surface area contributed by atoms with Crippen molar-refractivity contribution in [3.8, 4) is 5.75 Å². The lowest BCUT2D eigenvalue weighted by molar-refractivity contribution is 0.0176. The lowest BCUT2D eigenvalue weighted by atomic mass is 9.91. The molecule has 0 bridgehead atoms. The molecule has 2 aliphatic rings. The van der Waals surface area contributed by atoms with Gasteiger partial charge >= 0.3 is 6.09 Å². The van der Waals surface area contributed by atoms with Crippen molar-refractivity contribution in [3.63, 3.8) is 0 Å². The molecule has 1 N–H and O–H groups in total. The van der Waals surface area contributed by atoms with E-state index in [2.05, 4.69) is 17.1 Å². The number of carbonyl (C=O) groups excluding carboxylic acids is 1. The molecule has 0 radical (unpaired) electrons. The summed E-state index contributed by atoms with van der Waals surface area (Å²) in [7, 11) is 0. The largest absolute Gasteiger partial charge is 0.494 e. The minimum absolute atomic E-state index is 0.0121. The number of likely N-dealkylation sites (tertiary alicyclic amines) is 1. The van der Waals surface area contributed by atoms with Crippen molar-refractivity contribution >= 4 is 11.8 Å². The van der Waals surface area contributed by atoms with Gasteiger partial charge < -0.3 is 9.47 Å². The van der Waals surface area contributed by atoms with E-state index in [4.69, 9.17) is 9.47 Å². The van der Waals surface area contributed by atoms with Gasteiger partial charge in [-0.15, -0.1) is 0 Å². The van der Waals surface area contributed by atoms with Gasteiger partial charge in [0.25, 0.3) is 0 Å². The van der Waals surface area contributed by atoms with Crippen LogP contribution in [0.25, 0.3) is 0 Å². The first-order valence-corrected chi connectivity index (χ1v) is 10.7. The summed E-state index contributed by atoms with van der Waals surface area (Å²) >= 11 is 0. The Kier molecular flexibility index (Phi) is 7.81. The van der Waals surface area contributed by atoms with E-state index in [1.165, 1.54) is 32.1 Å². The Morgan fingerprint density at radius 2 is 1.81 bits per heavy atom. The molecular weight excluding hydrogens is 340 g/mol. The van der Waals surface area contributed by atoms with E-state index in [0.717, 1.165) is 56.8 Å². The lowest BCUT2D eigenvalue weighted by Gasteiger charge is -2.37. The lowest BCUT2D eigenvalue weighted by Crippen LogP contribution is -2.46. The van der Waals surface area contributed by atoms with Crippen LogP contribution in [0.3, 0.4) is 0 Å². The van der Waals surface area contributed by atoms with Gasteiger partial charge in [-0.25, -0.2) is 4.79 Å². The van der Waals surface area contributed by atoms with Gasteiger partial charge in [0, 0.05) is 11.7 Å². The van der Waals surface area contributed by atoms with Gasteiger partial charge in [-0.05, 0) is 75.9 Å². The Balaban J connectivity index is 1.46. The molecule has 1 saturated heterocycles. The number of anilines is 1. The van der Waals surface area contributed by atoms with Crippen LogP contribution in [0.15, 0.2) is 24.3 Å². The molecule has 1 aromatic rings. The summed E-state index contributed by atoms with van der Waals surface area (Å²) in [5.74, 6) is 0.839. The van der Waals surface area contributed by atoms with Crippen molar-refractivity contribution in [2.24, 2.45) is 0 Å². The number of ether oxygens (including phenoxy) is 2. The number of nitrogens with zero attached hydrogens (tertiary/aromatic N) is 1. The topological polar surface area (TPSA) is 50.8 Å². The number of hydrogen-bond donors (Lipinski definition) is 1. The van der Waals surface area contributed by atoms with Gasteiger partial charge in [0.15, 0.2) is 0 Å². The molecule has 0 aromatic heterocycles. The Bertz CT molecular complexity index is 569. The van der Waals surface area contributed by atoms with E-state index in [1.54, 1.807) is 0 Å². The summed E-state index contributed by atoms with van der Waals surface area (Å²) in [6.07, 6.45) is 10.1. The highest BCUT2D eigenvalue weighted by molar-refractivity contribution is 5.84. The maximum Gasteiger partial charge on any atom is 0.411 e. The third-order valence-electron chi connectivity index (χ3n) is 5.65. The van der Waals surface area contributed by atoms with E-state index in [1.807, 2.05) is 24.3 Å². The van der Waals surface area contributed by atoms with Crippen LogP contribution in [0.1, 0.15) is 64.7 Å². The van der Waals surface area contributed by atoms with E-state index in [9.17, 15) is 4.79 Å². The zero-order valence-corrected chi connectivity index (χ0v) is 16.6. The number of unbranched alkanes of at least 4 members (excludes halogenated alkanes) is 2. The molecule has 1 saturated carbocycles. The molecule has 5 nitrogen and oxygen atoms in total. The Labute approximate surface area is 163 Å². The van der Waals surface area contributed by atoms with Crippen LogP contribution in [0.4, 0.5) is 10.5 Å². The first kappa shape index (κ1) is 20.0. The summed E-state index contributed by atoms with van der Waals surface area (Å²) in [4.78, 5) is 14.9. The van der Waals surface area contributed by atoms with Crippen molar-refractivity contribution in [1.29, 1.82) is 0 Å². The van der Waals surface area contributed by atoms with E-state index in [0.29, 0.717) is 6.04 Å². The number of rotatable bonds is 8. The second kappa shape index (κ2) is 10.5. The van der Waals surface area contributed by atoms with Crippen LogP contribution >= 0.6 is 0 Å². The van der Waals surface area contributed by atoms with Crippen molar-refractivity contribution in [3.05, 3.63) is 24.3 Å². The summed E-state index contributed by atoms with van der Waals surface area (Å²) in [6.45, 7) is 5.21. The zero-order chi connectivity index (χ0) is 18.9. The van der Waals surface area contributed by atoms with Gasteiger partial charge in [-0.2, -0.15) is 0 Å². The fraction of sp³-hybridized carbons (Fsp3) is 0.682. The van der Waals surface area contributed by atoms with Gasteiger partial charge in [0.1, 0.15) is 11.9 Å². The smallest absolute Gasteiger partial charge is 0.411 e. The van der Waals surface area contributed by atoms with Crippen molar-refractivity contribution in [2.45, 2.75) is 76.9 Å². The average molecular weight is 375 g/mol. The standard InChI is InChI=1S/C22H34N2O3/c1-2-3-8-17-26-19-13-11-18(12-14-19)23-22(25)27-21-10-5-4-9-20(21)24-15-6-7-16-24/h11-14,20-21H,2-10,15-17H2,1H3,(H,23,25). The summed E-state index contributed by atoms with van der Waals surface area (Å²) in [5, 5.41) is 2.87. The molecular formula is C22H34N2O3.